The number of anilines is 1. The minimum atomic E-state index is -0.553. The molecule has 6 nitrogen and oxygen atoms in total. The summed E-state index contributed by atoms with van der Waals surface area (Å²) in [4.78, 5) is 27.5. The van der Waals surface area contributed by atoms with Crippen LogP contribution in [0.5, 0.6) is 11.5 Å². The van der Waals surface area contributed by atoms with E-state index in [1.54, 1.807) is 47.4 Å². The molecule has 0 bridgehead atoms. The van der Waals surface area contributed by atoms with Gasteiger partial charge in [-0.1, -0.05) is 17.7 Å². The zero-order valence-corrected chi connectivity index (χ0v) is 16.0. The Kier molecular flexibility index (Phi) is 5.86. The predicted octanol–water partition coefficient (Wildman–Crippen LogP) is 3.60. The van der Waals surface area contributed by atoms with Crippen LogP contribution in [0.4, 0.5) is 5.69 Å². The Morgan fingerprint density at radius 1 is 1.07 bits per heavy atom. The lowest BCUT2D eigenvalue weighted by molar-refractivity contribution is -0.119. The van der Waals surface area contributed by atoms with Crippen molar-refractivity contribution < 1.29 is 19.1 Å². The quantitative estimate of drug-likeness (QED) is 0.849. The monoisotopic (exact) mass is 388 g/mol. The smallest absolute Gasteiger partial charge is 0.262 e. The average molecular weight is 389 g/mol. The first-order valence-electron chi connectivity index (χ1n) is 8.63. The molecule has 2 aromatic carbocycles. The predicted molar refractivity (Wildman–Crippen MR) is 104 cm³/mol. The molecular weight excluding hydrogens is 368 g/mol. The molecule has 1 N–H and O–H groups in total. The summed E-state index contributed by atoms with van der Waals surface area (Å²) in [5.41, 5.74) is 0.965. The summed E-state index contributed by atoms with van der Waals surface area (Å²) >= 11 is 5.88. The lowest BCUT2D eigenvalue weighted by Gasteiger charge is -2.25. The third kappa shape index (κ3) is 4.01. The fourth-order valence-electron chi connectivity index (χ4n) is 3.25. The molecule has 3 rings (SSSR count). The number of hydrogen-bond acceptors (Lipinski definition) is 4. The van der Waals surface area contributed by atoms with Crippen LogP contribution >= 0.6 is 11.6 Å². The van der Waals surface area contributed by atoms with Crippen molar-refractivity contribution in [2.24, 2.45) is 0 Å². The Morgan fingerprint density at radius 3 is 2.30 bits per heavy atom. The molecule has 1 fully saturated rings. The van der Waals surface area contributed by atoms with Crippen LogP contribution in [0.3, 0.4) is 0 Å². The Bertz CT molecular complexity index is 816. The summed E-state index contributed by atoms with van der Waals surface area (Å²) in [5, 5.41) is 3.44. The number of rotatable bonds is 5. The Balaban J connectivity index is 1.83. The van der Waals surface area contributed by atoms with Gasteiger partial charge in [-0.2, -0.15) is 0 Å². The summed E-state index contributed by atoms with van der Waals surface area (Å²) in [7, 11) is 3.00. The third-order valence-corrected chi connectivity index (χ3v) is 4.82. The average Bonchev–Trinajstić information content (AvgIpc) is 3.18. The first-order chi connectivity index (χ1) is 13.0. The van der Waals surface area contributed by atoms with Gasteiger partial charge in [0.05, 0.1) is 14.2 Å². The SMILES string of the molecule is COc1cccc(OC)c1C(=O)N1CCC[C@@H]1C(=O)Nc1ccc(Cl)cc1. The molecule has 1 atom stereocenters. The molecule has 1 aliphatic heterocycles. The van der Waals surface area contributed by atoms with Crippen molar-refractivity contribution in [3.63, 3.8) is 0 Å². The molecule has 2 amide bonds. The van der Waals surface area contributed by atoms with Crippen molar-refractivity contribution in [1.29, 1.82) is 0 Å². The van der Waals surface area contributed by atoms with Gasteiger partial charge in [-0.25, -0.2) is 0 Å². The van der Waals surface area contributed by atoms with Crippen molar-refractivity contribution >= 4 is 29.1 Å². The highest BCUT2D eigenvalue weighted by atomic mass is 35.5. The highest BCUT2D eigenvalue weighted by Crippen LogP contribution is 2.32. The van der Waals surface area contributed by atoms with E-state index in [1.165, 1.54) is 14.2 Å². The number of hydrogen-bond donors (Lipinski definition) is 1. The molecule has 1 heterocycles. The molecule has 142 valence electrons. The number of ether oxygens (including phenoxy) is 2. The van der Waals surface area contributed by atoms with Gasteiger partial charge in [-0.3, -0.25) is 9.59 Å². The maximum absolute atomic E-state index is 13.2. The third-order valence-electron chi connectivity index (χ3n) is 4.57. The number of carbonyl (C=O) groups is 2. The van der Waals surface area contributed by atoms with Crippen molar-refractivity contribution in [2.45, 2.75) is 18.9 Å². The van der Waals surface area contributed by atoms with Gasteiger partial charge in [0.1, 0.15) is 23.1 Å². The minimum absolute atomic E-state index is 0.225. The van der Waals surface area contributed by atoms with E-state index in [0.29, 0.717) is 40.7 Å². The van der Waals surface area contributed by atoms with E-state index in [2.05, 4.69) is 5.32 Å². The van der Waals surface area contributed by atoms with Crippen LogP contribution in [0.15, 0.2) is 42.5 Å². The normalized spacial score (nSPS) is 16.1. The maximum atomic E-state index is 13.2. The summed E-state index contributed by atoms with van der Waals surface area (Å²) in [5.74, 6) is 0.335. The van der Waals surface area contributed by atoms with Gasteiger partial charge in [-0.05, 0) is 49.2 Å². The van der Waals surface area contributed by atoms with Gasteiger partial charge in [0.2, 0.25) is 5.91 Å². The molecule has 1 aliphatic rings. The van der Waals surface area contributed by atoms with E-state index in [-0.39, 0.29) is 11.8 Å². The molecule has 0 saturated carbocycles. The Hall–Kier alpha value is -2.73. The second-order valence-electron chi connectivity index (χ2n) is 6.19. The number of methoxy groups -OCH3 is 2. The zero-order chi connectivity index (χ0) is 19.4. The number of halogens is 1. The number of benzene rings is 2. The number of likely N-dealkylation sites (tertiary alicyclic amines) is 1. The first-order valence-corrected chi connectivity index (χ1v) is 9.01. The van der Waals surface area contributed by atoms with Crippen LogP contribution in [0.2, 0.25) is 5.02 Å². The van der Waals surface area contributed by atoms with Crippen LogP contribution in [-0.2, 0) is 4.79 Å². The summed E-state index contributed by atoms with van der Waals surface area (Å²) in [6.45, 7) is 0.499. The molecular formula is C20H21ClN2O4. The van der Waals surface area contributed by atoms with Gasteiger partial charge >= 0.3 is 0 Å². The molecule has 0 aliphatic carbocycles. The second-order valence-corrected chi connectivity index (χ2v) is 6.63. The molecule has 0 spiro atoms. The fraction of sp³-hybridized carbons (Fsp3) is 0.300. The van der Waals surface area contributed by atoms with Gasteiger partial charge < -0.3 is 19.7 Å². The van der Waals surface area contributed by atoms with Crippen molar-refractivity contribution in [2.75, 3.05) is 26.1 Å². The van der Waals surface area contributed by atoms with E-state index < -0.39 is 6.04 Å². The summed E-state index contributed by atoms with van der Waals surface area (Å²) in [6, 6.07) is 11.5. The fourth-order valence-corrected chi connectivity index (χ4v) is 3.37. The Labute approximate surface area is 163 Å². The van der Waals surface area contributed by atoms with Crippen LogP contribution < -0.4 is 14.8 Å². The maximum Gasteiger partial charge on any atom is 0.262 e. The van der Waals surface area contributed by atoms with Crippen molar-refractivity contribution in [3.8, 4) is 11.5 Å². The summed E-state index contributed by atoms with van der Waals surface area (Å²) < 4.78 is 10.7. The van der Waals surface area contributed by atoms with Gasteiger partial charge in [0.15, 0.2) is 0 Å². The van der Waals surface area contributed by atoms with E-state index in [0.717, 1.165) is 6.42 Å². The number of amides is 2. The van der Waals surface area contributed by atoms with Crippen LogP contribution in [0.25, 0.3) is 0 Å². The molecule has 27 heavy (non-hydrogen) atoms. The van der Waals surface area contributed by atoms with Gasteiger partial charge in [0.25, 0.3) is 5.91 Å². The van der Waals surface area contributed by atoms with Crippen molar-refractivity contribution in [3.05, 3.63) is 53.1 Å². The lowest BCUT2D eigenvalue weighted by atomic mass is 10.1. The zero-order valence-electron chi connectivity index (χ0n) is 15.2. The molecule has 0 aromatic heterocycles. The van der Waals surface area contributed by atoms with Crippen molar-refractivity contribution in [1.82, 2.24) is 4.90 Å². The first kappa shape index (κ1) is 19.0. The highest BCUT2D eigenvalue weighted by molar-refractivity contribution is 6.30. The van der Waals surface area contributed by atoms with Crippen LogP contribution in [0.1, 0.15) is 23.2 Å². The van der Waals surface area contributed by atoms with E-state index in [1.807, 2.05) is 0 Å². The molecule has 0 unspecified atom stereocenters. The molecule has 0 radical (unpaired) electrons. The largest absolute Gasteiger partial charge is 0.496 e. The summed E-state index contributed by atoms with van der Waals surface area (Å²) in [6.07, 6.45) is 1.35. The molecule has 2 aromatic rings. The number of carbonyl (C=O) groups excluding carboxylic acids is 2. The van der Waals surface area contributed by atoms with E-state index in [4.69, 9.17) is 21.1 Å². The van der Waals surface area contributed by atoms with Crippen LogP contribution in [-0.4, -0.2) is 43.5 Å². The second kappa shape index (κ2) is 8.31. The van der Waals surface area contributed by atoms with Crippen LogP contribution in [0, 0.1) is 0 Å². The number of nitrogens with one attached hydrogen (secondary N) is 1. The van der Waals surface area contributed by atoms with E-state index in [9.17, 15) is 9.59 Å². The van der Waals surface area contributed by atoms with Gasteiger partial charge in [-0.15, -0.1) is 0 Å². The molecule has 7 heteroatoms. The topological polar surface area (TPSA) is 67.9 Å². The standard InChI is InChI=1S/C20H21ClN2O4/c1-26-16-6-3-7-17(27-2)18(16)20(25)23-12-4-5-15(23)19(24)22-14-10-8-13(21)9-11-14/h3,6-11,15H,4-5,12H2,1-2H3,(H,22,24)/t15-/m1/s1. The van der Waals surface area contributed by atoms with E-state index >= 15 is 0 Å². The highest BCUT2D eigenvalue weighted by Gasteiger charge is 2.36. The Morgan fingerprint density at radius 2 is 1.70 bits per heavy atom. The minimum Gasteiger partial charge on any atom is -0.496 e. The number of nitrogens with zero attached hydrogens (tertiary/aromatic N) is 1. The lowest BCUT2D eigenvalue weighted by Crippen LogP contribution is -2.43. The molecule has 1 saturated heterocycles. The van der Waals surface area contributed by atoms with Gasteiger partial charge in [0, 0.05) is 17.3 Å².